The zero-order chi connectivity index (χ0) is 18.9. The minimum Gasteiger partial charge on any atom is -0.359 e. The highest BCUT2D eigenvalue weighted by molar-refractivity contribution is 5.94. The fourth-order valence-corrected chi connectivity index (χ4v) is 4.35. The van der Waals surface area contributed by atoms with E-state index >= 15 is 0 Å². The maximum atomic E-state index is 12.6. The lowest BCUT2D eigenvalue weighted by molar-refractivity contribution is -0.130. The normalized spacial score (nSPS) is 21.1. The Balaban J connectivity index is 1.47. The van der Waals surface area contributed by atoms with Gasteiger partial charge in [0.2, 0.25) is 5.91 Å². The van der Waals surface area contributed by atoms with E-state index in [0.29, 0.717) is 25.2 Å². The van der Waals surface area contributed by atoms with Crippen LogP contribution < -0.4 is 5.32 Å². The summed E-state index contributed by atoms with van der Waals surface area (Å²) in [6, 6.07) is 12.0. The molecule has 140 valence electrons. The van der Waals surface area contributed by atoms with Crippen LogP contribution in [0, 0.1) is 11.3 Å². The Morgan fingerprint density at radius 3 is 2.59 bits per heavy atom. The number of aromatic nitrogens is 2. The molecule has 1 spiro atoms. The fourth-order valence-electron chi connectivity index (χ4n) is 4.35. The third-order valence-corrected chi connectivity index (χ3v) is 5.66. The summed E-state index contributed by atoms with van der Waals surface area (Å²) in [7, 11) is 1.68. The average molecular weight is 365 g/mol. The molecule has 4 rings (SSSR count). The Morgan fingerprint density at radius 1 is 1.15 bits per heavy atom. The van der Waals surface area contributed by atoms with Crippen molar-refractivity contribution in [3.63, 3.8) is 0 Å². The van der Waals surface area contributed by atoms with Gasteiger partial charge in [-0.05, 0) is 11.6 Å². The van der Waals surface area contributed by atoms with Crippen LogP contribution in [0.15, 0.2) is 48.8 Å². The second-order valence-corrected chi connectivity index (χ2v) is 7.48. The molecule has 0 bridgehead atoms. The van der Waals surface area contributed by atoms with Crippen molar-refractivity contribution in [1.82, 2.24) is 25.3 Å². The summed E-state index contributed by atoms with van der Waals surface area (Å²) in [6.07, 6.45) is 3.01. The highest BCUT2D eigenvalue weighted by atomic mass is 16.2. The summed E-state index contributed by atoms with van der Waals surface area (Å²) >= 11 is 0. The van der Waals surface area contributed by atoms with Gasteiger partial charge in [-0.2, -0.15) is 10.2 Å². The highest BCUT2D eigenvalue weighted by Gasteiger charge is 2.57. The number of carbonyl (C=O) groups excluding carboxylic acids is 2. The van der Waals surface area contributed by atoms with E-state index in [4.69, 9.17) is 0 Å². The highest BCUT2D eigenvalue weighted by Crippen LogP contribution is 2.45. The van der Waals surface area contributed by atoms with Gasteiger partial charge in [0, 0.05) is 45.2 Å². The number of carbonyl (C=O) groups is 2. The molecule has 7 heteroatoms. The minimum absolute atomic E-state index is 0.0484. The molecule has 2 amide bonds. The van der Waals surface area contributed by atoms with Crippen LogP contribution in [0.2, 0.25) is 0 Å². The van der Waals surface area contributed by atoms with Crippen LogP contribution >= 0.6 is 0 Å². The summed E-state index contributed by atoms with van der Waals surface area (Å²) in [4.78, 5) is 29.3. The van der Waals surface area contributed by atoms with E-state index in [1.807, 2.05) is 18.2 Å². The van der Waals surface area contributed by atoms with Crippen molar-refractivity contribution in [2.24, 2.45) is 11.3 Å². The van der Waals surface area contributed by atoms with E-state index in [0.717, 1.165) is 13.1 Å². The molecule has 1 atom stereocenters. The second kappa shape index (κ2) is 7.08. The maximum Gasteiger partial charge on any atom is 0.255 e. The number of nitrogens with zero attached hydrogens (tertiary/aromatic N) is 4. The van der Waals surface area contributed by atoms with Crippen molar-refractivity contribution in [3.8, 4) is 0 Å². The van der Waals surface area contributed by atoms with Crippen molar-refractivity contribution >= 4 is 11.8 Å². The molecule has 3 heterocycles. The number of nitrogens with one attached hydrogen (secondary N) is 1. The molecule has 2 aliphatic heterocycles. The fraction of sp³-hybridized carbons (Fsp3) is 0.400. The Morgan fingerprint density at radius 2 is 1.93 bits per heavy atom. The van der Waals surface area contributed by atoms with E-state index in [-0.39, 0.29) is 23.1 Å². The average Bonchev–Trinajstić information content (AvgIpc) is 3.06. The smallest absolute Gasteiger partial charge is 0.255 e. The summed E-state index contributed by atoms with van der Waals surface area (Å²) in [6.45, 7) is 3.54. The van der Waals surface area contributed by atoms with Crippen molar-refractivity contribution in [1.29, 1.82) is 0 Å². The second-order valence-electron chi connectivity index (χ2n) is 7.48. The molecular formula is C20H23N5O2. The summed E-state index contributed by atoms with van der Waals surface area (Å²) in [5.74, 6) is -0.0956. The van der Waals surface area contributed by atoms with Gasteiger partial charge in [-0.15, -0.1) is 0 Å². The Kier molecular flexibility index (Phi) is 4.61. The van der Waals surface area contributed by atoms with Gasteiger partial charge in [0.25, 0.3) is 5.91 Å². The molecule has 1 N–H and O–H groups in total. The van der Waals surface area contributed by atoms with Gasteiger partial charge < -0.3 is 10.2 Å². The van der Waals surface area contributed by atoms with Crippen LogP contribution in [-0.4, -0.2) is 65.0 Å². The van der Waals surface area contributed by atoms with E-state index in [2.05, 4.69) is 32.5 Å². The van der Waals surface area contributed by atoms with Gasteiger partial charge >= 0.3 is 0 Å². The number of likely N-dealkylation sites (tertiary alicyclic amines) is 2. The maximum absolute atomic E-state index is 12.6. The van der Waals surface area contributed by atoms with Crippen LogP contribution in [0.5, 0.6) is 0 Å². The third-order valence-electron chi connectivity index (χ3n) is 5.66. The molecular weight excluding hydrogens is 342 g/mol. The predicted octanol–water partition coefficient (Wildman–Crippen LogP) is 0.797. The number of amides is 2. The zero-order valence-corrected chi connectivity index (χ0v) is 15.3. The lowest BCUT2D eigenvalue weighted by atomic mass is 9.71. The Hall–Kier alpha value is -2.80. The van der Waals surface area contributed by atoms with Gasteiger partial charge in [-0.1, -0.05) is 30.3 Å². The molecule has 2 aromatic rings. The number of hydrogen-bond donors (Lipinski definition) is 1. The monoisotopic (exact) mass is 365 g/mol. The van der Waals surface area contributed by atoms with Crippen molar-refractivity contribution in [2.45, 2.75) is 6.54 Å². The zero-order valence-electron chi connectivity index (χ0n) is 15.3. The number of hydrogen-bond acceptors (Lipinski definition) is 5. The van der Waals surface area contributed by atoms with Crippen LogP contribution in [0.4, 0.5) is 0 Å². The van der Waals surface area contributed by atoms with Crippen molar-refractivity contribution in [2.75, 3.05) is 33.2 Å². The van der Waals surface area contributed by atoms with Gasteiger partial charge in [0.05, 0.1) is 23.9 Å². The third kappa shape index (κ3) is 3.30. The predicted molar refractivity (Wildman–Crippen MR) is 99.6 cm³/mol. The molecule has 0 aliphatic carbocycles. The van der Waals surface area contributed by atoms with E-state index < -0.39 is 0 Å². The van der Waals surface area contributed by atoms with Gasteiger partial charge in [0.1, 0.15) is 0 Å². The molecule has 27 heavy (non-hydrogen) atoms. The van der Waals surface area contributed by atoms with Crippen molar-refractivity contribution < 1.29 is 9.59 Å². The molecule has 1 aromatic heterocycles. The number of rotatable bonds is 4. The first-order valence-corrected chi connectivity index (χ1v) is 9.15. The topological polar surface area (TPSA) is 78.4 Å². The van der Waals surface area contributed by atoms with E-state index in [1.165, 1.54) is 18.0 Å². The molecule has 2 aliphatic rings. The van der Waals surface area contributed by atoms with E-state index in [1.54, 1.807) is 18.0 Å². The standard InChI is InChI=1S/C20H23N5O2/c1-21-18(26)17-11-24(10-15-5-3-2-4-6-15)12-20(17)13-25(14-20)19(27)16-7-8-22-23-9-16/h2-9,17H,10-14H2,1H3,(H,21,26). The first-order chi connectivity index (χ1) is 13.1. The lowest BCUT2D eigenvalue weighted by Gasteiger charge is -2.50. The SMILES string of the molecule is CNC(=O)C1CN(Cc2ccccc2)CC12CN(C(=O)c1ccnnc1)C2. The van der Waals surface area contributed by atoms with Crippen LogP contribution in [0.1, 0.15) is 15.9 Å². The first-order valence-electron chi connectivity index (χ1n) is 9.15. The first kappa shape index (κ1) is 17.6. The van der Waals surface area contributed by atoms with Crippen LogP contribution in [0.25, 0.3) is 0 Å². The van der Waals surface area contributed by atoms with Gasteiger partial charge in [-0.3, -0.25) is 14.5 Å². The summed E-state index contributed by atoms with van der Waals surface area (Å²) in [5.41, 5.74) is 1.60. The quantitative estimate of drug-likeness (QED) is 0.867. The Labute approximate surface area is 158 Å². The summed E-state index contributed by atoms with van der Waals surface area (Å²) in [5, 5.41) is 10.3. The largest absolute Gasteiger partial charge is 0.359 e. The van der Waals surface area contributed by atoms with Gasteiger partial charge in [-0.25, -0.2) is 0 Å². The van der Waals surface area contributed by atoms with Crippen LogP contribution in [0.3, 0.4) is 0 Å². The molecule has 1 aromatic carbocycles. The molecule has 7 nitrogen and oxygen atoms in total. The number of benzene rings is 1. The van der Waals surface area contributed by atoms with E-state index in [9.17, 15) is 9.59 Å². The Bertz CT molecular complexity index is 821. The molecule has 0 radical (unpaired) electrons. The molecule has 2 saturated heterocycles. The van der Waals surface area contributed by atoms with Gasteiger partial charge in [0.15, 0.2) is 0 Å². The van der Waals surface area contributed by atoms with Crippen LogP contribution in [-0.2, 0) is 11.3 Å². The molecule has 1 unspecified atom stereocenters. The van der Waals surface area contributed by atoms with Crippen molar-refractivity contribution in [3.05, 3.63) is 59.9 Å². The molecule has 0 saturated carbocycles. The lowest BCUT2D eigenvalue weighted by Crippen LogP contribution is -2.63. The molecule has 2 fully saturated rings. The summed E-state index contributed by atoms with van der Waals surface area (Å²) < 4.78 is 0. The minimum atomic E-state index is -0.176.